The molecule has 1 aromatic carbocycles. The zero-order chi connectivity index (χ0) is 11.3. The molecule has 0 radical (unpaired) electrons. The Hall–Kier alpha value is -0.410. The smallest absolute Gasteiger partial charge is 0.0465 e. The second kappa shape index (κ2) is 6.23. The Bertz CT molecular complexity index is 377. The number of hydrogen-bond donors (Lipinski definition) is 2. The van der Waals surface area contributed by atoms with Gasteiger partial charge in [-0.05, 0) is 53.1 Å². The average molecular weight is 332 g/mol. The maximum absolute atomic E-state index is 7.36. The zero-order valence-corrected chi connectivity index (χ0v) is 11.8. The van der Waals surface area contributed by atoms with Gasteiger partial charge in [-0.25, -0.2) is 0 Å². The molecule has 2 N–H and O–H groups in total. The molecule has 0 aliphatic rings. The molecule has 4 heteroatoms. The third-order valence-corrected chi connectivity index (χ3v) is 3.13. The number of benzene rings is 1. The topological polar surface area (TPSA) is 35.9 Å². The summed E-state index contributed by atoms with van der Waals surface area (Å²) in [6.07, 6.45) is 2.90. The third kappa shape index (κ3) is 3.92. The van der Waals surface area contributed by atoms with Gasteiger partial charge in [0.2, 0.25) is 0 Å². The van der Waals surface area contributed by atoms with Crippen molar-refractivity contribution in [3.8, 4) is 0 Å². The Kier molecular flexibility index (Phi) is 5.26. The molecule has 0 fully saturated rings. The summed E-state index contributed by atoms with van der Waals surface area (Å²) in [5.41, 5.74) is 4.33. The normalized spacial score (nSPS) is 10.5. The Balaban J connectivity index is 2.96. The van der Waals surface area contributed by atoms with Crippen molar-refractivity contribution in [3.63, 3.8) is 0 Å². The second-order valence-corrected chi connectivity index (χ2v) is 5.48. The molecule has 0 spiro atoms. The van der Waals surface area contributed by atoms with E-state index in [1.165, 1.54) is 11.8 Å². The lowest BCUT2D eigenvalue weighted by molar-refractivity contribution is 1.15. The Morgan fingerprint density at radius 2 is 2.40 bits per heavy atom. The summed E-state index contributed by atoms with van der Waals surface area (Å²) in [7, 11) is 0. The van der Waals surface area contributed by atoms with Crippen LogP contribution in [0.5, 0.6) is 0 Å². The maximum Gasteiger partial charge on any atom is 0.0465 e. The fraction of sp³-hybridized carbons (Fsp3) is 0.182. The number of allylic oxidation sites excluding steroid dienone is 1. The molecule has 0 heterocycles. The minimum atomic E-state index is 0.627. The maximum atomic E-state index is 7.36. The lowest BCUT2D eigenvalue weighted by atomic mass is 10.0. The molecule has 1 unspecified atom stereocenters. The minimum Gasteiger partial charge on any atom is -0.358 e. The molecule has 1 atom stereocenters. The molecule has 80 valence electrons. The molecule has 0 aliphatic carbocycles. The van der Waals surface area contributed by atoms with Gasteiger partial charge in [-0.2, -0.15) is 0 Å². The molecule has 1 aromatic rings. The summed E-state index contributed by atoms with van der Waals surface area (Å²) in [4.78, 5) is 0. The summed E-state index contributed by atoms with van der Waals surface area (Å²) < 4.78 is 0. The highest BCUT2D eigenvalue weighted by Crippen LogP contribution is 2.27. The van der Waals surface area contributed by atoms with E-state index in [1.54, 1.807) is 0 Å². The highest BCUT2D eigenvalue weighted by molar-refractivity contribution is 14.2. The fourth-order valence-corrected chi connectivity index (χ4v) is 2.56. The monoisotopic (exact) mass is 332 g/mol. The van der Waals surface area contributed by atoms with E-state index in [0.717, 1.165) is 23.2 Å². The van der Waals surface area contributed by atoms with Crippen LogP contribution >= 0.6 is 28.4 Å². The van der Waals surface area contributed by atoms with Crippen LogP contribution in [-0.2, 0) is 6.42 Å². The van der Waals surface area contributed by atoms with Gasteiger partial charge in [0.1, 0.15) is 0 Å². The molecular formula is C11H14IN2P. The highest BCUT2D eigenvalue weighted by Gasteiger charge is 2.01. The average Bonchev–Trinajstić information content (AvgIpc) is 2.20. The van der Waals surface area contributed by atoms with E-state index < -0.39 is 0 Å². The molecule has 0 aromatic heterocycles. The van der Waals surface area contributed by atoms with Crippen molar-refractivity contribution in [1.82, 2.24) is 0 Å². The SMILES string of the molecule is C=C(C)Cc1ccc(NPI)c(C=N)c1. The summed E-state index contributed by atoms with van der Waals surface area (Å²) in [5, 5.41) is 10.6. The molecule has 2 nitrogen and oxygen atoms in total. The van der Waals surface area contributed by atoms with Crippen molar-refractivity contribution in [3.05, 3.63) is 41.5 Å². The van der Waals surface area contributed by atoms with Gasteiger partial charge in [0.05, 0.1) is 0 Å². The number of nitrogens with one attached hydrogen (secondary N) is 2. The van der Waals surface area contributed by atoms with Gasteiger partial charge in [-0.15, -0.1) is 0 Å². The first kappa shape index (κ1) is 12.7. The number of halogens is 1. The lowest BCUT2D eigenvalue weighted by Gasteiger charge is -2.08. The van der Waals surface area contributed by atoms with Crippen LogP contribution in [0.1, 0.15) is 18.1 Å². The molecule has 15 heavy (non-hydrogen) atoms. The van der Waals surface area contributed by atoms with Crippen LogP contribution in [0.2, 0.25) is 0 Å². The number of hydrogen-bond acceptors (Lipinski definition) is 2. The quantitative estimate of drug-likeness (QED) is 0.361. The van der Waals surface area contributed by atoms with Gasteiger partial charge in [-0.1, -0.05) is 18.2 Å². The molecule has 0 saturated carbocycles. The molecule has 1 rings (SSSR count). The van der Waals surface area contributed by atoms with Crippen molar-refractivity contribution in [2.24, 2.45) is 0 Å². The van der Waals surface area contributed by atoms with Gasteiger partial charge < -0.3 is 10.5 Å². The Morgan fingerprint density at radius 1 is 1.67 bits per heavy atom. The number of anilines is 1. The fourth-order valence-electron chi connectivity index (χ4n) is 1.35. The van der Waals surface area contributed by atoms with Crippen LogP contribution in [0.15, 0.2) is 30.4 Å². The summed E-state index contributed by atoms with van der Waals surface area (Å²) in [6, 6.07) is 6.16. The van der Waals surface area contributed by atoms with Crippen molar-refractivity contribution in [2.75, 3.05) is 5.09 Å². The van der Waals surface area contributed by atoms with Crippen LogP contribution in [0.3, 0.4) is 0 Å². The highest BCUT2D eigenvalue weighted by atomic mass is 127. The molecule has 0 aliphatic heterocycles. The first-order valence-corrected chi connectivity index (χ1v) is 8.68. The Labute approximate surface area is 105 Å². The van der Waals surface area contributed by atoms with E-state index in [9.17, 15) is 0 Å². The van der Waals surface area contributed by atoms with Gasteiger partial charge in [0, 0.05) is 23.8 Å². The summed E-state index contributed by atoms with van der Waals surface area (Å²) >= 11 is 2.28. The van der Waals surface area contributed by atoms with E-state index in [2.05, 4.69) is 39.8 Å². The van der Waals surface area contributed by atoms with Gasteiger partial charge in [-0.3, -0.25) is 0 Å². The molecule has 0 saturated heterocycles. The predicted octanol–water partition coefficient (Wildman–Crippen LogP) is 4.16. The van der Waals surface area contributed by atoms with Crippen molar-refractivity contribution in [1.29, 1.82) is 5.41 Å². The lowest BCUT2D eigenvalue weighted by Crippen LogP contribution is -1.93. The van der Waals surface area contributed by atoms with E-state index >= 15 is 0 Å². The standard InChI is InChI=1S/C11H14IN2P/c1-8(2)5-9-3-4-11(14-15-12)10(6-9)7-13/h3-4,6-7,13-15H,1,5H2,2H3. The van der Waals surface area contributed by atoms with Crippen LogP contribution in [0.25, 0.3) is 0 Å². The molecule has 0 bridgehead atoms. The van der Waals surface area contributed by atoms with E-state index in [0.29, 0.717) is 6.37 Å². The van der Waals surface area contributed by atoms with Crippen LogP contribution in [0.4, 0.5) is 5.69 Å². The minimum absolute atomic E-state index is 0.627. The van der Waals surface area contributed by atoms with E-state index in [1.807, 2.05) is 19.1 Å². The second-order valence-electron chi connectivity index (χ2n) is 3.42. The van der Waals surface area contributed by atoms with Gasteiger partial charge >= 0.3 is 0 Å². The summed E-state index contributed by atoms with van der Waals surface area (Å²) in [5.74, 6) is 0. The predicted molar refractivity (Wildman–Crippen MR) is 78.8 cm³/mol. The Morgan fingerprint density at radius 3 is 2.93 bits per heavy atom. The van der Waals surface area contributed by atoms with Gasteiger partial charge in [0.25, 0.3) is 0 Å². The first-order valence-electron chi connectivity index (χ1n) is 4.57. The van der Waals surface area contributed by atoms with E-state index in [4.69, 9.17) is 5.41 Å². The summed E-state index contributed by atoms with van der Waals surface area (Å²) in [6.45, 7) is 5.91. The van der Waals surface area contributed by atoms with Crippen LogP contribution < -0.4 is 5.09 Å². The van der Waals surface area contributed by atoms with Crippen molar-refractivity contribution >= 4 is 40.3 Å². The largest absolute Gasteiger partial charge is 0.358 e. The molecule has 0 amide bonds. The molecular weight excluding hydrogens is 318 g/mol. The third-order valence-electron chi connectivity index (χ3n) is 1.96. The van der Waals surface area contributed by atoms with Crippen molar-refractivity contribution in [2.45, 2.75) is 13.3 Å². The van der Waals surface area contributed by atoms with Gasteiger partial charge in [0.15, 0.2) is 0 Å². The van der Waals surface area contributed by atoms with E-state index in [-0.39, 0.29) is 0 Å². The number of rotatable bonds is 5. The van der Waals surface area contributed by atoms with Crippen LogP contribution in [-0.4, -0.2) is 6.21 Å². The zero-order valence-electron chi connectivity index (χ0n) is 8.60. The van der Waals surface area contributed by atoms with Crippen LogP contribution in [0, 0.1) is 5.41 Å². The first-order chi connectivity index (χ1) is 7.17. The van der Waals surface area contributed by atoms with Crippen molar-refractivity contribution < 1.29 is 0 Å².